The van der Waals surface area contributed by atoms with Gasteiger partial charge in [-0.25, -0.2) is 0 Å². The Balaban J connectivity index is 2.46. The molecular formula is C13H10BN3O2. The van der Waals surface area contributed by atoms with Gasteiger partial charge in [0.2, 0.25) is 0 Å². The molecule has 2 radical (unpaired) electrons. The Labute approximate surface area is 111 Å². The normalized spacial score (nSPS) is 9.89. The number of para-hydroxylation sites is 1. The fourth-order valence-electron chi connectivity index (χ4n) is 1.69. The number of hydrogen-bond donors (Lipinski definition) is 2. The van der Waals surface area contributed by atoms with Gasteiger partial charge in [-0.3, -0.25) is 10.1 Å². The second kappa shape index (κ2) is 5.35. The van der Waals surface area contributed by atoms with Crippen molar-refractivity contribution in [3.8, 4) is 0 Å². The molecule has 0 spiro atoms. The Morgan fingerprint density at radius 3 is 2.53 bits per heavy atom. The fraction of sp³-hybridized carbons (Fsp3) is 0. The van der Waals surface area contributed by atoms with Gasteiger partial charge < -0.3 is 10.7 Å². The Hall–Kier alpha value is -2.63. The maximum atomic E-state index is 10.9. The molecule has 6 heteroatoms. The average molecular weight is 251 g/mol. The largest absolute Gasteiger partial charge is 0.355 e. The number of benzene rings is 2. The van der Waals surface area contributed by atoms with Crippen LogP contribution in [0.15, 0.2) is 42.5 Å². The third-order valence-corrected chi connectivity index (χ3v) is 2.60. The van der Waals surface area contributed by atoms with Crippen LogP contribution in [-0.4, -0.2) is 19.0 Å². The molecule has 2 aromatic rings. The van der Waals surface area contributed by atoms with Crippen LogP contribution in [0.3, 0.4) is 0 Å². The monoisotopic (exact) mass is 251 g/mol. The molecule has 0 aromatic heterocycles. The second-order valence-electron chi connectivity index (χ2n) is 3.89. The number of nitrogens with one attached hydrogen (secondary N) is 2. The molecule has 0 aliphatic carbocycles. The standard InChI is InChI=1S/C13H10BN3O2/c14-11-6-9(8-15)12(7-13(11)17(18)19)16-10-4-2-1-3-5-10/h1-8,15-16H. The van der Waals surface area contributed by atoms with Crippen molar-refractivity contribution in [2.45, 2.75) is 0 Å². The smallest absolute Gasteiger partial charge is 0.264 e. The molecule has 0 unspecified atom stereocenters. The van der Waals surface area contributed by atoms with Gasteiger partial charge in [0.1, 0.15) is 7.85 Å². The zero-order valence-electron chi connectivity index (χ0n) is 9.96. The minimum absolute atomic E-state index is 0.0436. The van der Waals surface area contributed by atoms with Crippen LogP contribution in [0.25, 0.3) is 0 Å². The van der Waals surface area contributed by atoms with E-state index in [0.29, 0.717) is 11.3 Å². The minimum atomic E-state index is -0.542. The van der Waals surface area contributed by atoms with Crippen molar-refractivity contribution in [2.24, 2.45) is 0 Å². The number of rotatable bonds is 4. The van der Waals surface area contributed by atoms with E-state index >= 15 is 0 Å². The zero-order chi connectivity index (χ0) is 13.8. The van der Waals surface area contributed by atoms with E-state index < -0.39 is 4.92 Å². The molecule has 2 N–H and O–H groups in total. The zero-order valence-corrected chi connectivity index (χ0v) is 9.96. The molecule has 0 amide bonds. The summed E-state index contributed by atoms with van der Waals surface area (Å²) in [7, 11) is 5.59. The van der Waals surface area contributed by atoms with Gasteiger partial charge in [-0.15, -0.1) is 0 Å². The summed E-state index contributed by atoms with van der Waals surface area (Å²) >= 11 is 0. The lowest BCUT2D eigenvalue weighted by atomic mass is 9.91. The van der Waals surface area contributed by atoms with Crippen LogP contribution in [0, 0.1) is 15.5 Å². The first-order valence-corrected chi connectivity index (χ1v) is 5.52. The van der Waals surface area contributed by atoms with Gasteiger partial charge in [0.15, 0.2) is 0 Å². The van der Waals surface area contributed by atoms with Crippen LogP contribution in [0.1, 0.15) is 5.56 Å². The quantitative estimate of drug-likeness (QED) is 0.378. The Bertz CT molecular complexity index is 629. The van der Waals surface area contributed by atoms with Gasteiger partial charge in [-0.05, 0) is 17.6 Å². The third kappa shape index (κ3) is 2.79. The van der Waals surface area contributed by atoms with Gasteiger partial charge in [0, 0.05) is 23.5 Å². The average Bonchev–Trinajstić information content (AvgIpc) is 2.41. The Morgan fingerprint density at radius 2 is 1.95 bits per heavy atom. The highest BCUT2D eigenvalue weighted by atomic mass is 16.6. The summed E-state index contributed by atoms with van der Waals surface area (Å²) in [5, 5.41) is 21.2. The minimum Gasteiger partial charge on any atom is -0.355 e. The Kier molecular flexibility index (Phi) is 3.61. The molecule has 5 nitrogen and oxygen atoms in total. The first-order valence-electron chi connectivity index (χ1n) is 5.52. The molecule has 0 aliphatic heterocycles. The highest BCUT2D eigenvalue weighted by molar-refractivity contribution is 6.35. The van der Waals surface area contributed by atoms with Crippen LogP contribution in [0.2, 0.25) is 0 Å². The molecule has 0 aliphatic rings. The Morgan fingerprint density at radius 1 is 1.26 bits per heavy atom. The summed E-state index contributed by atoms with van der Waals surface area (Å²) in [5.41, 5.74) is 1.62. The summed E-state index contributed by atoms with van der Waals surface area (Å²) in [6.07, 6.45) is 1.10. The summed E-state index contributed by atoms with van der Waals surface area (Å²) in [6.45, 7) is 0. The van der Waals surface area contributed by atoms with Crippen molar-refractivity contribution in [1.29, 1.82) is 5.41 Å². The van der Waals surface area contributed by atoms with E-state index in [9.17, 15) is 10.1 Å². The van der Waals surface area contributed by atoms with E-state index in [1.54, 1.807) is 0 Å². The lowest BCUT2D eigenvalue weighted by molar-refractivity contribution is -0.383. The van der Waals surface area contributed by atoms with Crippen molar-refractivity contribution in [2.75, 3.05) is 5.32 Å². The number of nitrogens with zero attached hydrogens (tertiary/aromatic N) is 1. The van der Waals surface area contributed by atoms with Crippen molar-refractivity contribution in [1.82, 2.24) is 0 Å². The van der Waals surface area contributed by atoms with Crippen LogP contribution >= 0.6 is 0 Å². The van der Waals surface area contributed by atoms with Crippen LogP contribution < -0.4 is 10.8 Å². The maximum absolute atomic E-state index is 10.9. The molecule has 0 bridgehead atoms. The molecule has 0 saturated carbocycles. The summed E-state index contributed by atoms with van der Waals surface area (Å²) in [6, 6.07) is 12.0. The highest BCUT2D eigenvalue weighted by Gasteiger charge is 2.14. The summed E-state index contributed by atoms with van der Waals surface area (Å²) in [4.78, 5) is 10.3. The van der Waals surface area contributed by atoms with E-state index in [1.165, 1.54) is 12.1 Å². The lowest BCUT2D eigenvalue weighted by Crippen LogP contribution is -2.12. The summed E-state index contributed by atoms with van der Waals surface area (Å²) < 4.78 is 0. The van der Waals surface area contributed by atoms with Crippen molar-refractivity contribution in [3.05, 3.63) is 58.1 Å². The van der Waals surface area contributed by atoms with E-state index in [1.807, 2.05) is 30.3 Å². The first kappa shape index (κ1) is 12.8. The predicted octanol–water partition coefficient (Wildman–Crippen LogP) is 2.13. The molecule has 19 heavy (non-hydrogen) atoms. The highest BCUT2D eigenvalue weighted by Crippen LogP contribution is 2.23. The lowest BCUT2D eigenvalue weighted by Gasteiger charge is -2.10. The molecular weight excluding hydrogens is 241 g/mol. The molecule has 0 atom stereocenters. The molecule has 2 rings (SSSR count). The first-order chi connectivity index (χ1) is 9.11. The van der Waals surface area contributed by atoms with Crippen molar-refractivity contribution >= 4 is 36.6 Å². The SMILES string of the molecule is [B]c1cc(C=N)c(Nc2ccccc2)cc1[N+](=O)[O-]. The molecule has 0 saturated heterocycles. The van der Waals surface area contributed by atoms with Crippen LogP contribution in [0.5, 0.6) is 0 Å². The van der Waals surface area contributed by atoms with Crippen LogP contribution in [-0.2, 0) is 0 Å². The number of nitro benzene ring substituents is 1. The predicted molar refractivity (Wildman–Crippen MR) is 76.1 cm³/mol. The van der Waals surface area contributed by atoms with E-state index in [2.05, 4.69) is 5.32 Å². The van der Waals surface area contributed by atoms with Gasteiger partial charge in [0.25, 0.3) is 5.69 Å². The van der Waals surface area contributed by atoms with Gasteiger partial charge >= 0.3 is 0 Å². The van der Waals surface area contributed by atoms with Gasteiger partial charge in [0.05, 0.1) is 10.6 Å². The maximum Gasteiger partial charge on any atom is 0.264 e. The molecule has 0 fully saturated rings. The van der Waals surface area contributed by atoms with E-state index in [4.69, 9.17) is 13.3 Å². The third-order valence-electron chi connectivity index (χ3n) is 2.60. The van der Waals surface area contributed by atoms with Crippen molar-refractivity contribution < 1.29 is 4.92 Å². The molecule has 0 heterocycles. The second-order valence-corrected chi connectivity index (χ2v) is 3.89. The molecule has 92 valence electrons. The van der Waals surface area contributed by atoms with Gasteiger partial charge in [-0.1, -0.05) is 24.3 Å². The van der Waals surface area contributed by atoms with E-state index in [-0.39, 0.29) is 11.2 Å². The fourth-order valence-corrected chi connectivity index (χ4v) is 1.69. The molecule has 2 aromatic carbocycles. The van der Waals surface area contributed by atoms with Crippen molar-refractivity contribution in [3.63, 3.8) is 0 Å². The number of anilines is 2. The topological polar surface area (TPSA) is 79.0 Å². The summed E-state index contributed by atoms with van der Waals surface area (Å²) in [5.74, 6) is 0. The number of hydrogen-bond acceptors (Lipinski definition) is 4. The number of nitro groups is 1. The van der Waals surface area contributed by atoms with Gasteiger partial charge in [-0.2, -0.15) is 0 Å². The van der Waals surface area contributed by atoms with E-state index in [0.717, 1.165) is 11.9 Å². The van der Waals surface area contributed by atoms with Crippen LogP contribution in [0.4, 0.5) is 17.1 Å².